The van der Waals surface area contributed by atoms with E-state index in [2.05, 4.69) is 23.9 Å². The molecule has 0 radical (unpaired) electrons. The molecule has 0 saturated heterocycles. The first-order valence-corrected chi connectivity index (χ1v) is 8.55. The molecule has 3 aromatic rings. The fourth-order valence-corrected chi connectivity index (χ4v) is 2.92. The minimum atomic E-state index is -0.257. The largest absolute Gasteiger partial charge is 0.459 e. The van der Waals surface area contributed by atoms with Gasteiger partial charge in [0, 0.05) is 30.2 Å². The highest BCUT2D eigenvalue weighted by Crippen LogP contribution is 2.16. The van der Waals surface area contributed by atoms with E-state index in [-0.39, 0.29) is 19.0 Å². The van der Waals surface area contributed by atoms with Gasteiger partial charge >= 0.3 is 5.97 Å². The van der Waals surface area contributed by atoms with Gasteiger partial charge in [0.1, 0.15) is 12.3 Å². The number of aryl methyl sites for hydroxylation is 1. The molecule has 0 amide bonds. The number of carbonyl (C=O) groups excluding carboxylic acids is 1. The number of pyridine rings is 1. The molecule has 0 saturated carbocycles. The van der Waals surface area contributed by atoms with Gasteiger partial charge in [-0.25, -0.2) is 4.98 Å². The normalized spacial score (nSPS) is 11.4. The van der Waals surface area contributed by atoms with E-state index >= 15 is 0 Å². The molecule has 0 aliphatic heterocycles. The van der Waals surface area contributed by atoms with E-state index in [1.807, 2.05) is 53.5 Å². The van der Waals surface area contributed by atoms with Gasteiger partial charge in [-0.3, -0.25) is 9.48 Å². The van der Waals surface area contributed by atoms with Gasteiger partial charge in [0.05, 0.1) is 17.8 Å². The third-order valence-electron chi connectivity index (χ3n) is 4.19. The van der Waals surface area contributed by atoms with Gasteiger partial charge in [-0.05, 0) is 31.9 Å². The molecule has 0 bridgehead atoms. The average Bonchev–Trinajstić information content (AvgIpc) is 3.08. The maximum Gasteiger partial charge on any atom is 0.310 e. The van der Waals surface area contributed by atoms with E-state index < -0.39 is 0 Å². The van der Waals surface area contributed by atoms with E-state index in [9.17, 15) is 4.79 Å². The summed E-state index contributed by atoms with van der Waals surface area (Å²) in [6.07, 6.45) is 4.03. The van der Waals surface area contributed by atoms with Crippen LogP contribution < -0.4 is 0 Å². The molecular formula is C19H24N4O2. The van der Waals surface area contributed by atoms with Gasteiger partial charge in [0.25, 0.3) is 0 Å². The van der Waals surface area contributed by atoms with Crippen LogP contribution in [0.4, 0.5) is 0 Å². The fourth-order valence-electron chi connectivity index (χ4n) is 2.92. The Hall–Kier alpha value is -2.63. The summed E-state index contributed by atoms with van der Waals surface area (Å²) in [5.41, 5.74) is 4.47. The second-order valence-electron chi connectivity index (χ2n) is 6.76. The summed E-state index contributed by atoms with van der Waals surface area (Å²) >= 11 is 0. The molecule has 3 rings (SSSR count). The Labute approximate surface area is 147 Å². The van der Waals surface area contributed by atoms with Crippen LogP contribution in [0.15, 0.2) is 30.6 Å². The Bertz CT molecular complexity index is 859. The van der Waals surface area contributed by atoms with Crippen LogP contribution in [0.5, 0.6) is 0 Å². The van der Waals surface area contributed by atoms with E-state index in [1.54, 1.807) is 0 Å². The van der Waals surface area contributed by atoms with Gasteiger partial charge in [-0.1, -0.05) is 19.9 Å². The summed E-state index contributed by atoms with van der Waals surface area (Å²) in [6.45, 7) is 9.28. The molecule has 132 valence electrons. The summed E-state index contributed by atoms with van der Waals surface area (Å²) in [4.78, 5) is 16.7. The van der Waals surface area contributed by atoms with Crippen LogP contribution in [0.25, 0.3) is 5.65 Å². The van der Waals surface area contributed by atoms with Crippen molar-refractivity contribution in [3.8, 4) is 0 Å². The fraction of sp³-hybridized carbons (Fsp3) is 0.421. The molecule has 25 heavy (non-hydrogen) atoms. The summed E-state index contributed by atoms with van der Waals surface area (Å²) in [5, 5.41) is 4.54. The Morgan fingerprint density at radius 2 is 2.08 bits per heavy atom. The summed E-state index contributed by atoms with van der Waals surface area (Å²) in [5.74, 6) is 0.250. The maximum atomic E-state index is 12.2. The lowest BCUT2D eigenvalue weighted by Gasteiger charge is -2.08. The topological polar surface area (TPSA) is 61.4 Å². The van der Waals surface area contributed by atoms with Gasteiger partial charge < -0.3 is 9.14 Å². The lowest BCUT2D eigenvalue weighted by molar-refractivity contribution is -0.144. The predicted molar refractivity (Wildman–Crippen MR) is 95.2 cm³/mol. The highest BCUT2D eigenvalue weighted by molar-refractivity contribution is 5.73. The molecular weight excluding hydrogens is 316 g/mol. The first kappa shape index (κ1) is 17.2. The molecule has 0 aliphatic carbocycles. The third-order valence-corrected chi connectivity index (χ3v) is 4.19. The third kappa shape index (κ3) is 3.90. The van der Waals surface area contributed by atoms with Gasteiger partial charge in [0.15, 0.2) is 0 Å². The molecule has 0 fully saturated rings. The number of hydrogen-bond acceptors (Lipinski definition) is 4. The number of esters is 1. The zero-order chi connectivity index (χ0) is 18.0. The van der Waals surface area contributed by atoms with Crippen molar-refractivity contribution in [1.82, 2.24) is 19.2 Å². The second kappa shape index (κ2) is 7.09. The Morgan fingerprint density at radius 3 is 2.80 bits per heavy atom. The predicted octanol–water partition coefficient (Wildman–Crippen LogP) is 3.09. The quantitative estimate of drug-likeness (QED) is 0.647. The monoisotopic (exact) mass is 340 g/mol. The van der Waals surface area contributed by atoms with Gasteiger partial charge in [-0.15, -0.1) is 0 Å². The first-order chi connectivity index (χ1) is 11.9. The van der Waals surface area contributed by atoms with Crippen LogP contribution >= 0.6 is 0 Å². The minimum Gasteiger partial charge on any atom is -0.459 e. The SMILES string of the molecule is Cc1nn(CC(C)C)c(C)c1CC(=O)OCc1cn2ccccc2n1. The molecule has 6 nitrogen and oxygen atoms in total. The van der Waals surface area contributed by atoms with Crippen molar-refractivity contribution < 1.29 is 9.53 Å². The van der Waals surface area contributed by atoms with Crippen molar-refractivity contribution in [1.29, 1.82) is 0 Å². The second-order valence-corrected chi connectivity index (χ2v) is 6.76. The number of carbonyl (C=O) groups is 1. The van der Waals surface area contributed by atoms with Crippen LogP contribution in [0.2, 0.25) is 0 Å². The van der Waals surface area contributed by atoms with Crippen molar-refractivity contribution in [2.24, 2.45) is 5.92 Å². The highest BCUT2D eigenvalue weighted by Gasteiger charge is 2.16. The molecule has 3 aromatic heterocycles. The van der Waals surface area contributed by atoms with Crippen LogP contribution in [0.3, 0.4) is 0 Å². The summed E-state index contributed by atoms with van der Waals surface area (Å²) in [6, 6.07) is 5.78. The number of ether oxygens (including phenoxy) is 1. The van der Waals surface area contributed by atoms with Crippen molar-refractivity contribution in [3.63, 3.8) is 0 Å². The molecule has 0 unspecified atom stereocenters. The smallest absolute Gasteiger partial charge is 0.310 e. The Kier molecular flexibility index (Phi) is 4.88. The zero-order valence-electron chi connectivity index (χ0n) is 15.2. The van der Waals surface area contributed by atoms with Crippen LogP contribution in [0, 0.1) is 19.8 Å². The maximum absolute atomic E-state index is 12.2. The van der Waals surface area contributed by atoms with Crippen LogP contribution in [0.1, 0.15) is 36.5 Å². The zero-order valence-corrected chi connectivity index (χ0v) is 15.2. The van der Waals surface area contributed by atoms with Gasteiger partial charge in [0.2, 0.25) is 0 Å². The number of hydrogen-bond donors (Lipinski definition) is 0. The number of aromatic nitrogens is 4. The van der Waals surface area contributed by atoms with Gasteiger partial charge in [-0.2, -0.15) is 5.10 Å². The summed E-state index contributed by atoms with van der Waals surface area (Å²) in [7, 11) is 0. The van der Waals surface area contributed by atoms with E-state index in [0.717, 1.165) is 34.8 Å². The minimum absolute atomic E-state index is 0.179. The lowest BCUT2D eigenvalue weighted by atomic mass is 10.1. The molecule has 0 aliphatic rings. The standard InChI is InChI=1S/C19H24N4O2/c1-13(2)10-23-15(4)17(14(3)21-23)9-19(24)25-12-16-11-22-8-6-5-7-18(22)20-16/h5-8,11,13H,9-10,12H2,1-4H3. The molecule has 0 aromatic carbocycles. The van der Waals surface area contributed by atoms with E-state index in [4.69, 9.17) is 4.74 Å². The molecule has 0 atom stereocenters. The van der Waals surface area contributed by atoms with Crippen molar-refractivity contribution in [2.75, 3.05) is 0 Å². The van der Waals surface area contributed by atoms with E-state index in [1.165, 1.54) is 0 Å². The summed E-state index contributed by atoms with van der Waals surface area (Å²) < 4.78 is 9.30. The Balaban J connectivity index is 1.63. The molecule has 0 spiro atoms. The van der Waals surface area contributed by atoms with Crippen LogP contribution in [-0.2, 0) is 29.1 Å². The first-order valence-electron chi connectivity index (χ1n) is 8.55. The average molecular weight is 340 g/mol. The van der Waals surface area contributed by atoms with Crippen molar-refractivity contribution >= 4 is 11.6 Å². The number of imidazole rings is 1. The molecule has 3 heterocycles. The van der Waals surface area contributed by atoms with Crippen molar-refractivity contribution in [3.05, 3.63) is 53.2 Å². The molecule has 6 heteroatoms. The highest BCUT2D eigenvalue weighted by atomic mass is 16.5. The molecule has 0 N–H and O–H groups in total. The van der Waals surface area contributed by atoms with Crippen LogP contribution in [-0.4, -0.2) is 25.1 Å². The Morgan fingerprint density at radius 1 is 1.28 bits per heavy atom. The van der Waals surface area contributed by atoms with Crippen molar-refractivity contribution in [2.45, 2.75) is 47.3 Å². The number of rotatable bonds is 6. The van der Waals surface area contributed by atoms with E-state index in [0.29, 0.717) is 5.92 Å². The number of fused-ring (bicyclic) bond motifs is 1. The number of nitrogens with zero attached hydrogens (tertiary/aromatic N) is 4. The lowest BCUT2D eigenvalue weighted by Crippen LogP contribution is -2.11.